The molecule has 1 aromatic rings. The van der Waals surface area contributed by atoms with Crippen molar-refractivity contribution in [3.05, 3.63) is 18.7 Å². The molecule has 7 heteroatoms. The Morgan fingerprint density at radius 1 is 1.32 bits per heavy atom. The van der Waals surface area contributed by atoms with Gasteiger partial charge in [-0.2, -0.15) is 0 Å². The quantitative estimate of drug-likeness (QED) is 0.703. The minimum Gasteiger partial charge on any atom is -0.480 e. The Labute approximate surface area is 112 Å². The maximum absolute atomic E-state index is 12.0. The van der Waals surface area contributed by atoms with Crippen LogP contribution >= 0.6 is 0 Å². The van der Waals surface area contributed by atoms with Crippen molar-refractivity contribution >= 4 is 11.9 Å². The van der Waals surface area contributed by atoms with Gasteiger partial charge in [0.15, 0.2) is 0 Å². The predicted molar refractivity (Wildman–Crippen MR) is 69.6 cm³/mol. The summed E-state index contributed by atoms with van der Waals surface area (Å²) in [7, 11) is 3.77. The molecule has 7 nitrogen and oxygen atoms in total. The van der Waals surface area contributed by atoms with Gasteiger partial charge in [0.05, 0.1) is 6.33 Å². The monoisotopic (exact) mass is 268 g/mol. The highest BCUT2D eigenvalue weighted by atomic mass is 16.4. The fourth-order valence-corrected chi connectivity index (χ4v) is 1.58. The molecule has 1 N–H and O–H groups in total. The van der Waals surface area contributed by atoms with E-state index in [9.17, 15) is 9.59 Å². The number of carbonyl (C=O) groups is 2. The molecular formula is C12H20N4O3. The van der Waals surface area contributed by atoms with Crippen molar-refractivity contribution in [1.29, 1.82) is 0 Å². The number of rotatable bonds is 8. The molecule has 1 amide bonds. The number of nitrogens with zero attached hydrogens (tertiary/aromatic N) is 4. The van der Waals surface area contributed by atoms with Crippen LogP contribution in [0.1, 0.15) is 6.42 Å². The molecule has 19 heavy (non-hydrogen) atoms. The molecule has 0 aliphatic carbocycles. The molecule has 0 aliphatic heterocycles. The Bertz CT molecular complexity index is 403. The van der Waals surface area contributed by atoms with Crippen LogP contribution in [0.5, 0.6) is 0 Å². The van der Waals surface area contributed by atoms with Gasteiger partial charge < -0.3 is 19.5 Å². The lowest BCUT2D eigenvalue weighted by molar-refractivity contribution is -0.144. The smallest absolute Gasteiger partial charge is 0.323 e. The van der Waals surface area contributed by atoms with Crippen molar-refractivity contribution < 1.29 is 14.7 Å². The number of hydrogen-bond donors (Lipinski definition) is 1. The van der Waals surface area contributed by atoms with E-state index in [1.165, 1.54) is 4.90 Å². The largest absolute Gasteiger partial charge is 0.480 e. The fourth-order valence-electron chi connectivity index (χ4n) is 1.58. The first-order chi connectivity index (χ1) is 8.99. The number of carboxylic acid groups (broad SMARTS) is 1. The maximum Gasteiger partial charge on any atom is 0.323 e. The molecule has 0 radical (unpaired) electrons. The third-order valence-corrected chi connectivity index (χ3v) is 2.64. The van der Waals surface area contributed by atoms with E-state index in [4.69, 9.17) is 5.11 Å². The van der Waals surface area contributed by atoms with Gasteiger partial charge in [-0.05, 0) is 14.1 Å². The summed E-state index contributed by atoms with van der Waals surface area (Å²) in [6.45, 7) is 1.32. The fraction of sp³-hybridized carbons (Fsp3) is 0.583. The minimum atomic E-state index is -0.991. The number of carboxylic acids is 1. The summed E-state index contributed by atoms with van der Waals surface area (Å²) in [4.78, 5) is 29.9. The standard InChI is InChI=1S/C12H20N4O3/c1-14(2)7-8-16(9-12(18)19)11(17)3-5-15-6-4-13-10-15/h4,6,10H,3,5,7-9H2,1-2H3,(H,18,19). The second-order valence-electron chi connectivity index (χ2n) is 4.56. The van der Waals surface area contributed by atoms with Crippen LogP contribution < -0.4 is 0 Å². The lowest BCUT2D eigenvalue weighted by Crippen LogP contribution is -2.40. The van der Waals surface area contributed by atoms with Crippen LogP contribution in [0.15, 0.2) is 18.7 Å². The minimum absolute atomic E-state index is 0.155. The van der Waals surface area contributed by atoms with E-state index >= 15 is 0 Å². The first kappa shape index (κ1) is 15.2. The average Bonchev–Trinajstić information content (AvgIpc) is 2.83. The molecule has 106 valence electrons. The number of amides is 1. The molecule has 0 bridgehead atoms. The van der Waals surface area contributed by atoms with Crippen molar-refractivity contribution in [2.75, 3.05) is 33.7 Å². The molecule has 0 saturated carbocycles. The Hall–Kier alpha value is -1.89. The van der Waals surface area contributed by atoms with Crippen molar-refractivity contribution in [3.63, 3.8) is 0 Å². The second kappa shape index (κ2) is 7.52. The van der Waals surface area contributed by atoms with Gasteiger partial charge in [0.1, 0.15) is 6.54 Å². The number of carbonyl (C=O) groups excluding carboxylic acids is 1. The van der Waals surface area contributed by atoms with Gasteiger partial charge in [0.25, 0.3) is 0 Å². The van der Waals surface area contributed by atoms with E-state index in [1.54, 1.807) is 23.3 Å². The highest BCUT2D eigenvalue weighted by Gasteiger charge is 2.16. The van der Waals surface area contributed by atoms with Gasteiger partial charge in [-0.1, -0.05) is 0 Å². The van der Waals surface area contributed by atoms with E-state index < -0.39 is 5.97 Å². The van der Waals surface area contributed by atoms with Crippen molar-refractivity contribution in [2.24, 2.45) is 0 Å². The van der Waals surface area contributed by atoms with Crippen LogP contribution in [0.4, 0.5) is 0 Å². The van der Waals surface area contributed by atoms with E-state index in [2.05, 4.69) is 4.98 Å². The molecule has 0 unspecified atom stereocenters. The molecular weight excluding hydrogens is 248 g/mol. The zero-order valence-corrected chi connectivity index (χ0v) is 11.3. The molecule has 1 rings (SSSR count). The van der Waals surface area contributed by atoms with Gasteiger partial charge in [0, 0.05) is 38.4 Å². The third-order valence-electron chi connectivity index (χ3n) is 2.64. The van der Waals surface area contributed by atoms with Gasteiger partial charge in [0.2, 0.25) is 5.91 Å². The summed E-state index contributed by atoms with van der Waals surface area (Å²) >= 11 is 0. The van der Waals surface area contributed by atoms with E-state index in [-0.39, 0.29) is 18.9 Å². The zero-order valence-electron chi connectivity index (χ0n) is 11.3. The molecule has 0 fully saturated rings. The number of aryl methyl sites for hydroxylation is 1. The summed E-state index contributed by atoms with van der Waals surface area (Å²) in [5, 5.41) is 8.83. The van der Waals surface area contributed by atoms with Crippen LogP contribution in [0, 0.1) is 0 Å². The second-order valence-corrected chi connectivity index (χ2v) is 4.56. The Morgan fingerprint density at radius 2 is 2.05 bits per heavy atom. The highest BCUT2D eigenvalue weighted by Crippen LogP contribution is 1.98. The normalized spacial score (nSPS) is 10.7. The van der Waals surface area contributed by atoms with E-state index in [0.29, 0.717) is 19.6 Å². The zero-order chi connectivity index (χ0) is 14.3. The highest BCUT2D eigenvalue weighted by molar-refractivity contribution is 5.81. The van der Waals surface area contributed by atoms with Gasteiger partial charge >= 0.3 is 5.97 Å². The summed E-state index contributed by atoms with van der Waals surface area (Å²) in [6.07, 6.45) is 5.33. The van der Waals surface area contributed by atoms with Crippen LogP contribution in [0.3, 0.4) is 0 Å². The Kier molecular flexibility index (Phi) is 6.01. The lowest BCUT2D eigenvalue weighted by Gasteiger charge is -2.22. The van der Waals surface area contributed by atoms with Gasteiger partial charge in [-0.3, -0.25) is 9.59 Å². The lowest BCUT2D eigenvalue weighted by atomic mass is 10.3. The maximum atomic E-state index is 12.0. The molecule has 0 spiro atoms. The molecule has 0 atom stereocenters. The summed E-state index contributed by atoms with van der Waals surface area (Å²) in [5.41, 5.74) is 0. The van der Waals surface area contributed by atoms with Crippen LogP contribution in [0.25, 0.3) is 0 Å². The Morgan fingerprint density at radius 3 is 2.58 bits per heavy atom. The summed E-state index contributed by atoms with van der Waals surface area (Å²) < 4.78 is 1.79. The summed E-state index contributed by atoms with van der Waals surface area (Å²) in [6, 6.07) is 0. The number of hydrogen-bond acceptors (Lipinski definition) is 4. The van der Waals surface area contributed by atoms with Gasteiger partial charge in [-0.25, -0.2) is 4.98 Å². The average molecular weight is 268 g/mol. The SMILES string of the molecule is CN(C)CCN(CC(=O)O)C(=O)CCn1ccnc1. The summed E-state index contributed by atoms with van der Waals surface area (Å²) in [5.74, 6) is -1.15. The number of likely N-dealkylation sites (N-methyl/N-ethyl adjacent to an activating group) is 1. The number of aromatic nitrogens is 2. The number of aliphatic carboxylic acids is 1. The first-order valence-electron chi connectivity index (χ1n) is 6.09. The molecule has 1 aromatic heterocycles. The molecule has 0 aromatic carbocycles. The Balaban J connectivity index is 2.47. The topological polar surface area (TPSA) is 78.7 Å². The van der Waals surface area contributed by atoms with Crippen molar-refractivity contribution in [2.45, 2.75) is 13.0 Å². The number of imidazole rings is 1. The van der Waals surface area contributed by atoms with Crippen LogP contribution in [-0.2, 0) is 16.1 Å². The molecule has 0 aliphatic rings. The third kappa shape index (κ3) is 6.01. The van der Waals surface area contributed by atoms with E-state index in [1.807, 2.05) is 19.0 Å². The van der Waals surface area contributed by atoms with Crippen LogP contribution in [-0.4, -0.2) is 70.1 Å². The molecule has 0 saturated heterocycles. The predicted octanol–water partition coefficient (Wildman–Crippen LogP) is -0.252. The van der Waals surface area contributed by atoms with Crippen molar-refractivity contribution in [1.82, 2.24) is 19.4 Å². The van der Waals surface area contributed by atoms with Crippen molar-refractivity contribution in [3.8, 4) is 0 Å². The molecule has 1 heterocycles. The van der Waals surface area contributed by atoms with Gasteiger partial charge in [-0.15, -0.1) is 0 Å². The van der Waals surface area contributed by atoms with E-state index in [0.717, 1.165) is 0 Å². The first-order valence-corrected chi connectivity index (χ1v) is 6.09. The van der Waals surface area contributed by atoms with Crippen LogP contribution in [0.2, 0.25) is 0 Å².